The van der Waals surface area contributed by atoms with Crippen LogP contribution in [0.25, 0.3) is 0 Å². The van der Waals surface area contributed by atoms with Gasteiger partial charge in [-0.1, -0.05) is 18.2 Å². The highest BCUT2D eigenvalue weighted by molar-refractivity contribution is 5.87. The van der Waals surface area contributed by atoms with Gasteiger partial charge in [0.15, 0.2) is 11.5 Å². The predicted molar refractivity (Wildman–Crippen MR) is 86.7 cm³/mol. The van der Waals surface area contributed by atoms with Gasteiger partial charge in [-0.15, -0.1) is 0 Å². The summed E-state index contributed by atoms with van der Waals surface area (Å²) in [6.45, 7) is 1.28. The molecule has 2 aliphatic rings. The maximum absolute atomic E-state index is 12.5. The van der Waals surface area contributed by atoms with E-state index in [2.05, 4.69) is 15.3 Å². The van der Waals surface area contributed by atoms with Gasteiger partial charge >= 0.3 is 0 Å². The van der Waals surface area contributed by atoms with Crippen LogP contribution in [0.15, 0.2) is 48.8 Å². The largest absolute Gasteiger partial charge is 0.454 e. The molecule has 7 heteroatoms. The molecule has 0 saturated heterocycles. The Balaban J connectivity index is 1.41. The Bertz CT molecular complexity index is 779. The first-order valence-electron chi connectivity index (χ1n) is 7.68. The van der Waals surface area contributed by atoms with Gasteiger partial charge in [-0.2, -0.15) is 0 Å². The van der Waals surface area contributed by atoms with E-state index < -0.39 is 6.04 Å². The van der Waals surface area contributed by atoms with Gasteiger partial charge in [0.25, 0.3) is 0 Å². The molecular weight excluding hydrogens is 308 g/mol. The first-order chi connectivity index (χ1) is 11.8. The zero-order chi connectivity index (χ0) is 16.4. The van der Waals surface area contributed by atoms with Gasteiger partial charge in [0, 0.05) is 25.5 Å². The van der Waals surface area contributed by atoms with Crippen molar-refractivity contribution in [2.24, 2.45) is 0 Å². The van der Waals surface area contributed by atoms with Crippen molar-refractivity contribution in [1.82, 2.24) is 15.3 Å². The summed E-state index contributed by atoms with van der Waals surface area (Å²) in [5.74, 6) is 1.90. The van der Waals surface area contributed by atoms with Crippen LogP contribution in [0.3, 0.4) is 0 Å². The van der Waals surface area contributed by atoms with Crippen LogP contribution in [-0.4, -0.2) is 35.3 Å². The highest BCUT2D eigenvalue weighted by Crippen LogP contribution is 2.32. The second-order valence-corrected chi connectivity index (χ2v) is 5.48. The Hall–Kier alpha value is -3.09. The Morgan fingerprint density at radius 3 is 2.96 bits per heavy atom. The van der Waals surface area contributed by atoms with Gasteiger partial charge < -0.3 is 19.7 Å². The Morgan fingerprint density at radius 2 is 2.08 bits per heavy atom. The number of carbonyl (C=O) groups excluding carboxylic acids is 1. The van der Waals surface area contributed by atoms with E-state index in [-0.39, 0.29) is 12.7 Å². The maximum Gasteiger partial charge on any atom is 0.247 e. The monoisotopic (exact) mass is 324 g/mol. The number of anilines is 1. The van der Waals surface area contributed by atoms with E-state index in [0.29, 0.717) is 24.8 Å². The zero-order valence-electron chi connectivity index (χ0n) is 12.9. The Kier molecular flexibility index (Phi) is 3.74. The quantitative estimate of drug-likeness (QED) is 0.854. The van der Waals surface area contributed by atoms with Crippen LogP contribution in [0, 0.1) is 0 Å². The minimum absolute atomic E-state index is 0.0890. The molecule has 122 valence electrons. The second kappa shape index (κ2) is 6.19. The maximum atomic E-state index is 12.5. The number of carbonyl (C=O) groups is 1. The molecule has 0 spiro atoms. The predicted octanol–water partition coefficient (Wildman–Crippen LogP) is 1.27. The lowest BCUT2D eigenvalue weighted by Crippen LogP contribution is -2.44. The van der Waals surface area contributed by atoms with Crippen molar-refractivity contribution in [2.75, 3.05) is 18.2 Å². The number of hydrogen-bond donors (Lipinski definition) is 1. The van der Waals surface area contributed by atoms with E-state index in [1.54, 1.807) is 18.5 Å². The number of aromatic nitrogens is 2. The van der Waals surface area contributed by atoms with Crippen LogP contribution in [0.1, 0.15) is 5.56 Å². The average molecular weight is 324 g/mol. The van der Waals surface area contributed by atoms with Crippen molar-refractivity contribution in [3.8, 4) is 11.5 Å². The third kappa shape index (κ3) is 2.76. The second-order valence-electron chi connectivity index (χ2n) is 5.48. The lowest BCUT2D eigenvalue weighted by atomic mass is 10.2. The number of rotatable bonds is 4. The average Bonchev–Trinajstić information content (AvgIpc) is 3.29. The van der Waals surface area contributed by atoms with Crippen molar-refractivity contribution in [1.29, 1.82) is 0 Å². The summed E-state index contributed by atoms with van der Waals surface area (Å²) >= 11 is 0. The number of hydrogen-bond acceptors (Lipinski definition) is 6. The van der Waals surface area contributed by atoms with Crippen molar-refractivity contribution in [3.05, 3.63) is 54.4 Å². The topological polar surface area (TPSA) is 76.6 Å². The summed E-state index contributed by atoms with van der Waals surface area (Å²) in [6, 6.07) is 6.99. The molecule has 1 amide bonds. The van der Waals surface area contributed by atoms with Crippen LogP contribution in [-0.2, 0) is 11.3 Å². The third-order valence-corrected chi connectivity index (χ3v) is 3.94. The van der Waals surface area contributed by atoms with E-state index in [1.165, 1.54) is 0 Å². The molecule has 0 saturated carbocycles. The van der Waals surface area contributed by atoms with E-state index in [1.807, 2.05) is 35.3 Å². The van der Waals surface area contributed by atoms with Crippen LogP contribution in [0.5, 0.6) is 11.5 Å². The Morgan fingerprint density at radius 1 is 1.25 bits per heavy atom. The van der Waals surface area contributed by atoms with Crippen LogP contribution in [0.2, 0.25) is 0 Å². The van der Waals surface area contributed by atoms with Crippen LogP contribution < -0.4 is 19.7 Å². The lowest BCUT2D eigenvalue weighted by Gasteiger charge is -2.23. The molecule has 0 aliphatic carbocycles. The normalized spacial score (nSPS) is 18.0. The summed E-state index contributed by atoms with van der Waals surface area (Å²) in [5, 5.41) is 2.95. The first kappa shape index (κ1) is 14.5. The van der Waals surface area contributed by atoms with Gasteiger partial charge in [-0.05, 0) is 23.8 Å². The van der Waals surface area contributed by atoms with Crippen molar-refractivity contribution in [3.63, 3.8) is 0 Å². The van der Waals surface area contributed by atoms with Crippen LogP contribution >= 0.6 is 0 Å². The SMILES string of the molecule is O=C(NCc1ccc2c(c1)OCO2)[C@H]1C=CCN1c1ncccn1. The van der Waals surface area contributed by atoms with Gasteiger partial charge in [-0.25, -0.2) is 9.97 Å². The Labute approximate surface area is 138 Å². The molecule has 0 bridgehead atoms. The van der Waals surface area contributed by atoms with E-state index in [4.69, 9.17) is 9.47 Å². The minimum atomic E-state index is -0.401. The minimum Gasteiger partial charge on any atom is -0.454 e. The van der Waals surface area contributed by atoms with Gasteiger partial charge in [0.1, 0.15) is 6.04 Å². The smallest absolute Gasteiger partial charge is 0.247 e. The summed E-state index contributed by atoms with van der Waals surface area (Å²) in [6.07, 6.45) is 7.15. The van der Waals surface area contributed by atoms with Gasteiger partial charge in [0.2, 0.25) is 18.6 Å². The van der Waals surface area contributed by atoms with Crippen molar-refractivity contribution >= 4 is 11.9 Å². The number of nitrogens with zero attached hydrogens (tertiary/aromatic N) is 3. The van der Waals surface area contributed by atoms with E-state index in [0.717, 1.165) is 11.3 Å². The van der Waals surface area contributed by atoms with E-state index >= 15 is 0 Å². The molecule has 7 nitrogen and oxygen atoms in total. The lowest BCUT2D eigenvalue weighted by molar-refractivity contribution is -0.121. The molecule has 1 atom stereocenters. The molecule has 0 radical (unpaired) electrons. The number of amides is 1. The van der Waals surface area contributed by atoms with Gasteiger partial charge in [0.05, 0.1) is 0 Å². The number of benzene rings is 1. The first-order valence-corrected chi connectivity index (χ1v) is 7.68. The highest BCUT2D eigenvalue weighted by atomic mass is 16.7. The molecule has 24 heavy (non-hydrogen) atoms. The summed E-state index contributed by atoms with van der Waals surface area (Å²) in [5.41, 5.74) is 0.956. The number of fused-ring (bicyclic) bond motifs is 1. The fraction of sp³-hybridized carbons (Fsp3) is 0.235. The molecule has 0 unspecified atom stereocenters. The zero-order valence-corrected chi connectivity index (χ0v) is 12.9. The fourth-order valence-electron chi connectivity index (χ4n) is 2.74. The molecule has 1 aromatic heterocycles. The number of ether oxygens (including phenoxy) is 2. The summed E-state index contributed by atoms with van der Waals surface area (Å²) < 4.78 is 10.6. The van der Waals surface area contributed by atoms with Crippen molar-refractivity contribution < 1.29 is 14.3 Å². The fourth-order valence-corrected chi connectivity index (χ4v) is 2.74. The third-order valence-electron chi connectivity index (χ3n) is 3.94. The molecule has 1 aromatic carbocycles. The summed E-state index contributed by atoms with van der Waals surface area (Å²) in [4.78, 5) is 22.8. The summed E-state index contributed by atoms with van der Waals surface area (Å²) in [7, 11) is 0. The highest BCUT2D eigenvalue weighted by Gasteiger charge is 2.28. The van der Waals surface area contributed by atoms with Crippen molar-refractivity contribution in [2.45, 2.75) is 12.6 Å². The van der Waals surface area contributed by atoms with Gasteiger partial charge in [-0.3, -0.25) is 4.79 Å². The molecule has 0 fully saturated rings. The molecule has 2 aromatic rings. The van der Waals surface area contributed by atoms with E-state index in [9.17, 15) is 4.79 Å². The standard InChI is InChI=1S/C17H16N4O3/c22-16(13-3-1-8-21(13)17-18-6-2-7-19-17)20-10-12-4-5-14-15(9-12)24-11-23-14/h1-7,9,13H,8,10-11H2,(H,20,22)/t13-/m1/s1. The molecular formula is C17H16N4O3. The molecule has 1 N–H and O–H groups in total. The molecule has 2 aliphatic heterocycles. The number of nitrogens with one attached hydrogen (secondary N) is 1. The van der Waals surface area contributed by atoms with Crippen LogP contribution in [0.4, 0.5) is 5.95 Å². The molecule has 4 rings (SSSR count). The molecule has 3 heterocycles.